The molecule has 1 aliphatic rings. The summed E-state index contributed by atoms with van der Waals surface area (Å²) in [6.07, 6.45) is 1.71. The first-order valence-electron chi connectivity index (χ1n) is 11.1. The minimum Gasteiger partial charge on any atom is -0.456 e. The number of rotatable bonds is 6. The second-order valence-electron chi connectivity index (χ2n) is 10.2. The van der Waals surface area contributed by atoms with Crippen LogP contribution < -0.4 is 10.6 Å². The van der Waals surface area contributed by atoms with Crippen molar-refractivity contribution in [3.8, 4) is 0 Å². The van der Waals surface area contributed by atoms with Crippen LogP contribution in [0.1, 0.15) is 70.3 Å². The molecule has 7 nitrogen and oxygen atoms in total. The number of piperidine rings is 1. The highest BCUT2D eigenvalue weighted by molar-refractivity contribution is 5.96. The number of amides is 1. The Hall–Kier alpha value is -2.28. The molecule has 1 aromatic carbocycles. The molecule has 0 unspecified atom stereocenters. The fourth-order valence-electron chi connectivity index (χ4n) is 3.49. The molecule has 174 valence electrons. The monoisotopic (exact) mass is 433 g/mol. The van der Waals surface area contributed by atoms with Crippen molar-refractivity contribution in [2.45, 2.75) is 72.1 Å². The Labute approximate surface area is 186 Å². The fraction of sp³-hybridized carbons (Fsp3) is 0.667. The van der Waals surface area contributed by atoms with E-state index in [0.717, 1.165) is 50.3 Å². The van der Waals surface area contributed by atoms with Crippen molar-refractivity contribution in [3.63, 3.8) is 0 Å². The second-order valence-corrected chi connectivity index (χ2v) is 10.2. The third kappa shape index (κ3) is 8.40. The molecule has 2 N–H and O–H groups in total. The van der Waals surface area contributed by atoms with Crippen molar-refractivity contribution in [2.75, 3.05) is 32.0 Å². The SMILES string of the molecule is CNc1cc(CNCC2CCN(C(=O)OC(C)(C)C)CC2)ccc1C(=O)OC(C)(C)C. The molecule has 2 rings (SSSR count). The maximum Gasteiger partial charge on any atom is 0.410 e. The lowest BCUT2D eigenvalue weighted by atomic mass is 9.97. The van der Waals surface area contributed by atoms with Gasteiger partial charge in [0, 0.05) is 32.4 Å². The maximum atomic E-state index is 12.4. The quantitative estimate of drug-likeness (QED) is 0.647. The summed E-state index contributed by atoms with van der Waals surface area (Å²) in [6.45, 7) is 14.3. The van der Waals surface area contributed by atoms with Gasteiger partial charge >= 0.3 is 12.1 Å². The van der Waals surface area contributed by atoms with E-state index in [-0.39, 0.29) is 12.1 Å². The highest BCUT2D eigenvalue weighted by Gasteiger charge is 2.26. The third-order valence-corrected chi connectivity index (χ3v) is 5.00. The average Bonchev–Trinajstić information content (AvgIpc) is 2.65. The first-order chi connectivity index (χ1) is 14.4. The van der Waals surface area contributed by atoms with Crippen molar-refractivity contribution in [2.24, 2.45) is 5.92 Å². The predicted molar refractivity (Wildman–Crippen MR) is 123 cm³/mol. The summed E-state index contributed by atoms with van der Waals surface area (Å²) in [6, 6.07) is 5.76. The van der Waals surface area contributed by atoms with Crippen LogP contribution in [0.4, 0.5) is 10.5 Å². The molecule has 0 atom stereocenters. The number of nitrogens with one attached hydrogen (secondary N) is 2. The molecule has 1 aliphatic heterocycles. The van der Waals surface area contributed by atoms with Gasteiger partial charge in [-0.3, -0.25) is 0 Å². The van der Waals surface area contributed by atoms with E-state index in [1.54, 1.807) is 11.9 Å². The molecule has 31 heavy (non-hydrogen) atoms. The Bertz CT molecular complexity index is 757. The summed E-state index contributed by atoms with van der Waals surface area (Å²) in [5.74, 6) is 0.205. The van der Waals surface area contributed by atoms with Crippen molar-refractivity contribution in [1.29, 1.82) is 0 Å². The first kappa shape index (κ1) is 25.0. The largest absolute Gasteiger partial charge is 0.456 e. The molecule has 0 aromatic heterocycles. The minimum atomic E-state index is -0.526. The lowest BCUT2D eigenvalue weighted by Gasteiger charge is -2.33. The second kappa shape index (κ2) is 10.4. The minimum absolute atomic E-state index is 0.219. The molecule has 0 saturated carbocycles. The van der Waals surface area contributed by atoms with Gasteiger partial charge in [-0.1, -0.05) is 6.07 Å². The van der Waals surface area contributed by atoms with Crippen LogP contribution >= 0.6 is 0 Å². The Kier molecular flexibility index (Phi) is 8.34. The average molecular weight is 434 g/mol. The van der Waals surface area contributed by atoms with Crippen LogP contribution in [-0.2, 0) is 16.0 Å². The Morgan fingerprint density at radius 1 is 1.03 bits per heavy atom. The number of benzene rings is 1. The zero-order valence-electron chi connectivity index (χ0n) is 20.1. The number of carbonyl (C=O) groups is 2. The van der Waals surface area contributed by atoms with Crippen molar-refractivity contribution >= 4 is 17.7 Å². The van der Waals surface area contributed by atoms with Crippen LogP contribution in [-0.4, -0.2) is 54.8 Å². The van der Waals surface area contributed by atoms with E-state index in [0.29, 0.717) is 11.5 Å². The molecule has 0 spiro atoms. The zero-order chi connectivity index (χ0) is 23.2. The Morgan fingerprint density at radius 2 is 1.65 bits per heavy atom. The zero-order valence-corrected chi connectivity index (χ0v) is 20.1. The summed E-state index contributed by atoms with van der Waals surface area (Å²) in [4.78, 5) is 26.4. The Balaban J connectivity index is 1.81. The summed E-state index contributed by atoms with van der Waals surface area (Å²) >= 11 is 0. The summed E-state index contributed by atoms with van der Waals surface area (Å²) in [5.41, 5.74) is 1.42. The van der Waals surface area contributed by atoms with E-state index in [2.05, 4.69) is 10.6 Å². The number of carbonyl (C=O) groups excluding carboxylic acids is 2. The number of hydrogen-bond donors (Lipinski definition) is 2. The summed E-state index contributed by atoms with van der Waals surface area (Å²) in [7, 11) is 1.80. The molecule has 0 bridgehead atoms. The molecule has 1 amide bonds. The van der Waals surface area contributed by atoms with Gasteiger partial charge < -0.3 is 25.0 Å². The van der Waals surface area contributed by atoms with E-state index in [4.69, 9.17) is 9.47 Å². The molecular formula is C24H39N3O4. The lowest BCUT2D eigenvalue weighted by molar-refractivity contribution is 0.00696. The number of esters is 1. The van der Waals surface area contributed by atoms with Crippen LogP contribution in [0.15, 0.2) is 18.2 Å². The standard InChI is InChI=1S/C24H39N3O4/c1-23(2,3)30-21(28)19-9-8-18(14-20(19)25-7)16-26-15-17-10-12-27(13-11-17)22(29)31-24(4,5)6/h8-9,14,17,25-26H,10-13,15-16H2,1-7H3. The number of hydrogen-bond acceptors (Lipinski definition) is 6. The molecule has 0 aliphatic carbocycles. The van der Waals surface area contributed by atoms with E-state index in [1.807, 2.05) is 59.7 Å². The normalized spacial score (nSPS) is 15.5. The highest BCUT2D eigenvalue weighted by atomic mass is 16.6. The number of anilines is 1. The topological polar surface area (TPSA) is 79.9 Å². The smallest absolute Gasteiger partial charge is 0.410 e. The number of ether oxygens (including phenoxy) is 2. The predicted octanol–water partition coefficient (Wildman–Crippen LogP) is 4.42. The van der Waals surface area contributed by atoms with Crippen molar-refractivity contribution in [3.05, 3.63) is 29.3 Å². The van der Waals surface area contributed by atoms with Gasteiger partial charge in [0.05, 0.1) is 5.56 Å². The molecule has 1 heterocycles. The van der Waals surface area contributed by atoms with Gasteiger partial charge in [0.1, 0.15) is 11.2 Å². The van der Waals surface area contributed by atoms with Gasteiger partial charge in [-0.25, -0.2) is 9.59 Å². The van der Waals surface area contributed by atoms with Gasteiger partial charge in [-0.05, 0) is 84.5 Å². The fourth-order valence-corrected chi connectivity index (χ4v) is 3.49. The number of likely N-dealkylation sites (tertiary alicyclic amines) is 1. The van der Waals surface area contributed by atoms with Crippen molar-refractivity contribution in [1.82, 2.24) is 10.2 Å². The van der Waals surface area contributed by atoms with Crippen LogP contribution in [0.2, 0.25) is 0 Å². The van der Waals surface area contributed by atoms with Gasteiger partial charge in [0.25, 0.3) is 0 Å². The van der Waals surface area contributed by atoms with Gasteiger partial charge in [0.15, 0.2) is 0 Å². The molecule has 7 heteroatoms. The van der Waals surface area contributed by atoms with Gasteiger partial charge in [-0.15, -0.1) is 0 Å². The third-order valence-electron chi connectivity index (χ3n) is 5.00. The molecule has 1 fully saturated rings. The first-order valence-corrected chi connectivity index (χ1v) is 11.1. The summed E-state index contributed by atoms with van der Waals surface area (Å²) in [5, 5.41) is 6.61. The Morgan fingerprint density at radius 3 is 2.19 bits per heavy atom. The summed E-state index contributed by atoms with van der Waals surface area (Å²) < 4.78 is 10.9. The van der Waals surface area contributed by atoms with E-state index in [9.17, 15) is 9.59 Å². The van der Waals surface area contributed by atoms with Crippen LogP contribution in [0, 0.1) is 5.92 Å². The van der Waals surface area contributed by atoms with Crippen LogP contribution in [0.25, 0.3) is 0 Å². The van der Waals surface area contributed by atoms with Crippen molar-refractivity contribution < 1.29 is 19.1 Å². The van der Waals surface area contributed by atoms with E-state index >= 15 is 0 Å². The molecule has 1 saturated heterocycles. The molecular weight excluding hydrogens is 394 g/mol. The maximum absolute atomic E-state index is 12.4. The van der Waals surface area contributed by atoms with E-state index in [1.165, 1.54) is 0 Å². The van der Waals surface area contributed by atoms with E-state index < -0.39 is 11.2 Å². The number of nitrogens with zero attached hydrogens (tertiary/aromatic N) is 1. The lowest BCUT2D eigenvalue weighted by Crippen LogP contribution is -2.43. The molecule has 0 radical (unpaired) electrons. The highest BCUT2D eigenvalue weighted by Crippen LogP contribution is 2.22. The molecule has 1 aromatic rings. The van der Waals surface area contributed by atoms with Crippen LogP contribution in [0.5, 0.6) is 0 Å². The van der Waals surface area contributed by atoms with Gasteiger partial charge in [-0.2, -0.15) is 0 Å². The van der Waals surface area contributed by atoms with Gasteiger partial charge in [0.2, 0.25) is 0 Å². The van der Waals surface area contributed by atoms with Crippen LogP contribution in [0.3, 0.4) is 0 Å².